The van der Waals surface area contributed by atoms with Gasteiger partial charge in [0.2, 0.25) is 0 Å². The number of rotatable bonds is 3. The van der Waals surface area contributed by atoms with Crippen LogP contribution in [0.1, 0.15) is 6.92 Å². The Morgan fingerprint density at radius 3 is 2.87 bits per heavy atom. The van der Waals surface area contributed by atoms with Gasteiger partial charge in [0.05, 0.1) is 6.61 Å². The molecule has 0 aromatic heterocycles. The fourth-order valence-electron chi connectivity index (χ4n) is 1.32. The van der Waals surface area contributed by atoms with Gasteiger partial charge < -0.3 is 4.74 Å². The fourth-order valence-corrected chi connectivity index (χ4v) is 3.42. The smallest absolute Gasteiger partial charge is 0.325 e. The number of thioether (sulfide) groups is 1. The minimum Gasteiger partial charge on any atom is -0.465 e. The third kappa shape index (κ3) is 3.33. The molecule has 0 aromatic rings. The van der Waals surface area contributed by atoms with Crippen LogP contribution in [0.3, 0.4) is 0 Å². The van der Waals surface area contributed by atoms with Gasteiger partial charge in [-0.25, -0.2) is 5.14 Å². The number of carbonyl (C=O) groups excluding carboxylic acids is 1. The number of nitrogens with zero attached hydrogens (tertiary/aromatic N) is 1. The Balaban J connectivity index is 2.79. The molecule has 0 aliphatic carbocycles. The molecule has 15 heavy (non-hydrogen) atoms. The molecule has 1 rings (SSSR count). The lowest BCUT2D eigenvalue weighted by atomic mass is 10.3. The molecule has 0 spiro atoms. The highest BCUT2D eigenvalue weighted by atomic mass is 32.2. The van der Waals surface area contributed by atoms with Crippen molar-refractivity contribution in [2.45, 2.75) is 13.0 Å². The van der Waals surface area contributed by atoms with Gasteiger partial charge in [0.25, 0.3) is 10.2 Å². The highest BCUT2D eigenvalue weighted by Gasteiger charge is 2.36. The van der Waals surface area contributed by atoms with E-state index in [2.05, 4.69) is 0 Å². The molecular formula is C7H14N2O4S2. The van der Waals surface area contributed by atoms with E-state index in [4.69, 9.17) is 9.88 Å². The highest BCUT2D eigenvalue weighted by molar-refractivity contribution is 7.99. The molecule has 0 aromatic carbocycles. The zero-order valence-corrected chi connectivity index (χ0v) is 10.0. The zero-order chi connectivity index (χ0) is 11.5. The third-order valence-electron chi connectivity index (χ3n) is 1.96. The van der Waals surface area contributed by atoms with Crippen LogP contribution in [-0.2, 0) is 19.7 Å². The van der Waals surface area contributed by atoms with E-state index in [0.717, 1.165) is 4.31 Å². The number of hydrogen-bond donors (Lipinski definition) is 1. The zero-order valence-electron chi connectivity index (χ0n) is 8.38. The van der Waals surface area contributed by atoms with Crippen LogP contribution < -0.4 is 5.14 Å². The normalized spacial score (nSPS) is 23.7. The van der Waals surface area contributed by atoms with Crippen LogP contribution in [0.2, 0.25) is 0 Å². The largest absolute Gasteiger partial charge is 0.465 e. The molecule has 0 saturated carbocycles. The van der Waals surface area contributed by atoms with E-state index in [1.165, 1.54) is 11.8 Å². The van der Waals surface area contributed by atoms with Crippen LogP contribution in [0.5, 0.6) is 0 Å². The van der Waals surface area contributed by atoms with E-state index in [0.29, 0.717) is 11.5 Å². The predicted octanol–water partition coefficient (Wildman–Crippen LogP) is -0.830. The standard InChI is InChI=1S/C7H14N2O4S2/c1-2-13-7(10)6-5-14-4-3-9(6)15(8,11)12/h6H,2-5H2,1H3,(H2,8,11,12). The van der Waals surface area contributed by atoms with Crippen molar-refractivity contribution in [3.63, 3.8) is 0 Å². The second kappa shape index (κ2) is 5.15. The number of carbonyl (C=O) groups is 1. The van der Waals surface area contributed by atoms with Gasteiger partial charge >= 0.3 is 5.97 Å². The predicted molar refractivity (Wildman–Crippen MR) is 57.6 cm³/mol. The summed E-state index contributed by atoms with van der Waals surface area (Å²) < 4.78 is 28.2. The van der Waals surface area contributed by atoms with E-state index >= 15 is 0 Å². The first-order chi connectivity index (χ1) is 6.96. The van der Waals surface area contributed by atoms with Crippen molar-refractivity contribution >= 4 is 27.9 Å². The fraction of sp³-hybridized carbons (Fsp3) is 0.857. The first-order valence-electron chi connectivity index (χ1n) is 4.50. The average Bonchev–Trinajstić information content (AvgIpc) is 2.17. The lowest BCUT2D eigenvalue weighted by Crippen LogP contribution is -2.53. The van der Waals surface area contributed by atoms with Crippen LogP contribution in [-0.4, -0.2) is 49.4 Å². The number of ether oxygens (including phenoxy) is 1. The first kappa shape index (κ1) is 12.8. The summed E-state index contributed by atoms with van der Waals surface area (Å²) in [7, 11) is -3.82. The number of nitrogens with two attached hydrogens (primary N) is 1. The first-order valence-corrected chi connectivity index (χ1v) is 7.16. The maximum atomic E-state index is 11.5. The van der Waals surface area contributed by atoms with Crippen molar-refractivity contribution in [3.05, 3.63) is 0 Å². The molecule has 1 unspecified atom stereocenters. The van der Waals surface area contributed by atoms with Crippen molar-refractivity contribution in [2.75, 3.05) is 24.7 Å². The van der Waals surface area contributed by atoms with Gasteiger partial charge in [-0.2, -0.15) is 24.5 Å². The summed E-state index contributed by atoms with van der Waals surface area (Å²) in [5.74, 6) is 0.514. The van der Waals surface area contributed by atoms with Gasteiger partial charge in [-0.05, 0) is 6.92 Å². The second-order valence-corrected chi connectivity index (χ2v) is 5.65. The summed E-state index contributed by atoms with van der Waals surface area (Å²) in [6.07, 6.45) is 0. The van der Waals surface area contributed by atoms with Crippen molar-refractivity contribution in [3.8, 4) is 0 Å². The molecule has 1 fully saturated rings. The van der Waals surface area contributed by atoms with Gasteiger partial charge in [-0.15, -0.1) is 0 Å². The maximum absolute atomic E-state index is 11.5. The summed E-state index contributed by atoms with van der Waals surface area (Å²) in [5.41, 5.74) is 0. The summed E-state index contributed by atoms with van der Waals surface area (Å²) >= 11 is 1.51. The van der Waals surface area contributed by atoms with Crippen LogP contribution >= 0.6 is 11.8 Å². The Morgan fingerprint density at radius 1 is 1.67 bits per heavy atom. The minimum absolute atomic E-state index is 0.235. The maximum Gasteiger partial charge on any atom is 0.325 e. The average molecular weight is 254 g/mol. The molecule has 6 nitrogen and oxygen atoms in total. The third-order valence-corrected chi connectivity index (χ3v) is 4.08. The highest BCUT2D eigenvalue weighted by Crippen LogP contribution is 2.19. The van der Waals surface area contributed by atoms with Crippen molar-refractivity contribution in [1.82, 2.24) is 4.31 Å². The molecule has 0 radical (unpaired) electrons. The molecular weight excluding hydrogens is 240 g/mol. The molecule has 1 heterocycles. The topological polar surface area (TPSA) is 89.7 Å². The lowest BCUT2D eigenvalue weighted by Gasteiger charge is -2.30. The van der Waals surface area contributed by atoms with Crippen molar-refractivity contribution in [1.29, 1.82) is 0 Å². The molecule has 1 atom stereocenters. The summed E-state index contributed by atoms with van der Waals surface area (Å²) in [5, 5.41) is 5.02. The molecule has 1 aliphatic rings. The van der Waals surface area contributed by atoms with Crippen molar-refractivity contribution < 1.29 is 17.9 Å². The van der Waals surface area contributed by atoms with E-state index < -0.39 is 22.2 Å². The SMILES string of the molecule is CCOC(=O)C1CSCCN1S(N)(=O)=O. The van der Waals surface area contributed by atoms with Gasteiger partial charge in [0.15, 0.2) is 0 Å². The van der Waals surface area contributed by atoms with E-state index in [1.54, 1.807) is 6.92 Å². The number of hydrogen-bond acceptors (Lipinski definition) is 5. The Hall–Kier alpha value is -0.310. The Bertz CT molecular complexity index is 330. The molecule has 0 amide bonds. The van der Waals surface area contributed by atoms with Crippen molar-refractivity contribution in [2.24, 2.45) is 5.14 Å². The van der Waals surface area contributed by atoms with Crippen LogP contribution in [0, 0.1) is 0 Å². The summed E-state index contributed by atoms with van der Waals surface area (Å²) in [6.45, 7) is 2.17. The van der Waals surface area contributed by atoms with Gasteiger partial charge in [-0.1, -0.05) is 0 Å². The van der Waals surface area contributed by atoms with E-state index in [1.807, 2.05) is 0 Å². The quantitative estimate of drug-likeness (QED) is 0.664. The van der Waals surface area contributed by atoms with Crippen LogP contribution in [0.25, 0.3) is 0 Å². The van der Waals surface area contributed by atoms with Crippen LogP contribution in [0.4, 0.5) is 0 Å². The Morgan fingerprint density at radius 2 is 2.33 bits per heavy atom. The number of esters is 1. The molecule has 8 heteroatoms. The molecule has 2 N–H and O–H groups in total. The summed E-state index contributed by atoms with van der Waals surface area (Å²) in [4.78, 5) is 11.5. The Kier molecular flexibility index (Phi) is 4.38. The summed E-state index contributed by atoms with van der Waals surface area (Å²) in [6, 6.07) is -0.779. The van der Waals surface area contributed by atoms with Gasteiger partial charge in [0, 0.05) is 18.1 Å². The van der Waals surface area contributed by atoms with E-state index in [-0.39, 0.29) is 13.2 Å². The van der Waals surface area contributed by atoms with Crippen LogP contribution in [0.15, 0.2) is 0 Å². The second-order valence-electron chi connectivity index (χ2n) is 3.00. The molecule has 1 saturated heterocycles. The lowest BCUT2D eigenvalue weighted by molar-refractivity contribution is -0.146. The molecule has 88 valence electrons. The van der Waals surface area contributed by atoms with Gasteiger partial charge in [0.1, 0.15) is 6.04 Å². The Labute approximate surface area is 93.3 Å². The molecule has 1 aliphatic heterocycles. The van der Waals surface area contributed by atoms with Gasteiger partial charge in [-0.3, -0.25) is 4.79 Å². The van der Waals surface area contributed by atoms with E-state index in [9.17, 15) is 13.2 Å². The monoisotopic (exact) mass is 254 g/mol. The minimum atomic E-state index is -3.82. The molecule has 0 bridgehead atoms.